The van der Waals surface area contributed by atoms with Crippen molar-refractivity contribution in [1.82, 2.24) is 20.1 Å². The third kappa shape index (κ3) is 6.12. The van der Waals surface area contributed by atoms with Gasteiger partial charge in [-0.15, -0.1) is 0 Å². The lowest BCUT2D eigenvalue weighted by Gasteiger charge is -2.27. The number of aromatic nitrogens is 1. The number of pyridine rings is 1. The van der Waals surface area contributed by atoms with E-state index in [0.29, 0.717) is 0 Å². The van der Waals surface area contributed by atoms with Gasteiger partial charge in [0.1, 0.15) is 0 Å². The van der Waals surface area contributed by atoms with Gasteiger partial charge in [0.2, 0.25) is 0 Å². The van der Waals surface area contributed by atoms with Crippen molar-refractivity contribution in [2.45, 2.75) is 18.9 Å². The minimum Gasteiger partial charge on any atom is -0.362 e. The molecule has 0 unspecified atom stereocenters. The SMILES string of the molecule is S=C(NCC(c1ccccc1)c1ccccc1)N1CCCN(Cc2ccccn2)CC1. The highest BCUT2D eigenvalue weighted by molar-refractivity contribution is 7.80. The van der Waals surface area contributed by atoms with Gasteiger partial charge in [0.25, 0.3) is 0 Å². The van der Waals surface area contributed by atoms with Gasteiger partial charge >= 0.3 is 0 Å². The van der Waals surface area contributed by atoms with Gasteiger partial charge in [-0.2, -0.15) is 0 Å². The monoisotopic (exact) mass is 430 g/mol. The molecule has 3 aromatic rings. The van der Waals surface area contributed by atoms with Gasteiger partial charge in [0.05, 0.1) is 5.69 Å². The molecule has 0 radical (unpaired) electrons. The molecule has 0 atom stereocenters. The van der Waals surface area contributed by atoms with Gasteiger partial charge in [-0.25, -0.2) is 0 Å². The van der Waals surface area contributed by atoms with Crippen molar-refractivity contribution in [1.29, 1.82) is 0 Å². The third-order valence-corrected chi connectivity index (χ3v) is 6.25. The third-order valence-electron chi connectivity index (χ3n) is 5.85. The minimum absolute atomic E-state index is 0.271. The Balaban J connectivity index is 1.35. The van der Waals surface area contributed by atoms with Gasteiger partial charge in [-0.05, 0) is 41.9 Å². The van der Waals surface area contributed by atoms with E-state index in [9.17, 15) is 0 Å². The second-order valence-corrected chi connectivity index (χ2v) is 8.38. The first-order valence-electron chi connectivity index (χ1n) is 11.0. The van der Waals surface area contributed by atoms with Gasteiger partial charge in [0.15, 0.2) is 5.11 Å². The molecule has 5 heteroatoms. The second kappa shape index (κ2) is 11.0. The summed E-state index contributed by atoms with van der Waals surface area (Å²) in [6, 6.07) is 27.5. The molecule has 0 spiro atoms. The van der Waals surface area contributed by atoms with Crippen LogP contribution in [0.4, 0.5) is 0 Å². The maximum absolute atomic E-state index is 5.80. The van der Waals surface area contributed by atoms with E-state index >= 15 is 0 Å². The predicted octanol–water partition coefficient (Wildman–Crippen LogP) is 4.30. The van der Waals surface area contributed by atoms with Crippen molar-refractivity contribution >= 4 is 17.3 Å². The lowest BCUT2D eigenvalue weighted by Crippen LogP contribution is -2.43. The normalized spacial score (nSPS) is 14.9. The summed E-state index contributed by atoms with van der Waals surface area (Å²) in [5.41, 5.74) is 3.74. The standard InChI is InChI=1S/C26H30N4S/c31-26(30-17-9-16-29(18-19-30)21-24-14-7-8-15-27-24)28-20-25(22-10-3-1-4-11-22)23-12-5-2-6-13-23/h1-8,10-15,25H,9,16-21H2,(H,28,31). The zero-order valence-electron chi connectivity index (χ0n) is 17.9. The van der Waals surface area contributed by atoms with Crippen LogP contribution in [0, 0.1) is 0 Å². The molecule has 1 fully saturated rings. The summed E-state index contributed by atoms with van der Waals surface area (Å²) in [7, 11) is 0. The molecule has 0 amide bonds. The maximum atomic E-state index is 5.80. The van der Waals surface area contributed by atoms with Crippen LogP contribution in [0.25, 0.3) is 0 Å². The largest absolute Gasteiger partial charge is 0.362 e. The zero-order chi connectivity index (χ0) is 21.3. The smallest absolute Gasteiger partial charge is 0.169 e. The molecular formula is C26H30N4S. The first-order valence-corrected chi connectivity index (χ1v) is 11.5. The maximum Gasteiger partial charge on any atom is 0.169 e. The van der Waals surface area contributed by atoms with Gasteiger partial charge in [-0.1, -0.05) is 66.7 Å². The van der Waals surface area contributed by atoms with E-state index in [1.165, 1.54) is 11.1 Å². The van der Waals surface area contributed by atoms with Gasteiger partial charge in [-0.3, -0.25) is 9.88 Å². The molecular weight excluding hydrogens is 400 g/mol. The van der Waals surface area contributed by atoms with Crippen molar-refractivity contribution in [2.75, 3.05) is 32.7 Å². The molecule has 1 aliphatic rings. The number of nitrogens with one attached hydrogen (secondary N) is 1. The number of thiocarbonyl (C=S) groups is 1. The summed E-state index contributed by atoms with van der Waals surface area (Å²) in [6.07, 6.45) is 2.98. The van der Waals surface area contributed by atoms with Crippen LogP contribution in [0.2, 0.25) is 0 Å². The Morgan fingerprint density at radius 2 is 1.52 bits per heavy atom. The Hall–Kier alpha value is -2.76. The number of hydrogen-bond donors (Lipinski definition) is 1. The Morgan fingerprint density at radius 3 is 2.16 bits per heavy atom. The van der Waals surface area contributed by atoms with Crippen LogP contribution in [0.5, 0.6) is 0 Å². The van der Waals surface area contributed by atoms with E-state index in [0.717, 1.165) is 56.5 Å². The molecule has 1 saturated heterocycles. The molecule has 1 aromatic heterocycles. The zero-order valence-corrected chi connectivity index (χ0v) is 18.7. The van der Waals surface area contributed by atoms with E-state index in [-0.39, 0.29) is 5.92 Å². The summed E-state index contributed by atoms with van der Waals surface area (Å²) < 4.78 is 0. The topological polar surface area (TPSA) is 31.4 Å². The van der Waals surface area contributed by atoms with Crippen LogP contribution < -0.4 is 5.32 Å². The molecule has 0 saturated carbocycles. The van der Waals surface area contributed by atoms with Crippen molar-refractivity contribution in [2.24, 2.45) is 0 Å². The number of rotatable bonds is 6. The highest BCUT2D eigenvalue weighted by Gasteiger charge is 2.19. The molecule has 2 aromatic carbocycles. The molecule has 4 rings (SSSR count). The molecule has 31 heavy (non-hydrogen) atoms. The Kier molecular flexibility index (Phi) is 7.64. The summed E-state index contributed by atoms with van der Waals surface area (Å²) in [5, 5.41) is 4.43. The quantitative estimate of drug-likeness (QED) is 0.590. The Bertz CT molecular complexity index is 894. The fourth-order valence-electron chi connectivity index (χ4n) is 4.15. The first-order chi connectivity index (χ1) is 15.3. The second-order valence-electron chi connectivity index (χ2n) is 8.00. The summed E-state index contributed by atoms with van der Waals surface area (Å²) >= 11 is 5.80. The Morgan fingerprint density at radius 1 is 0.839 bits per heavy atom. The number of benzene rings is 2. The fraction of sp³-hybridized carbons (Fsp3) is 0.308. The highest BCUT2D eigenvalue weighted by atomic mass is 32.1. The molecule has 1 N–H and O–H groups in total. The van der Waals surface area contributed by atoms with E-state index in [2.05, 4.69) is 92.9 Å². The number of hydrogen-bond acceptors (Lipinski definition) is 3. The average Bonchev–Trinajstić information content (AvgIpc) is 3.07. The molecule has 1 aliphatic heterocycles. The lowest BCUT2D eigenvalue weighted by atomic mass is 9.91. The van der Waals surface area contributed by atoms with Crippen molar-refractivity contribution in [3.05, 3.63) is 102 Å². The number of nitrogens with zero attached hydrogens (tertiary/aromatic N) is 3. The highest BCUT2D eigenvalue weighted by Crippen LogP contribution is 2.23. The van der Waals surface area contributed by atoms with Crippen LogP contribution in [-0.4, -0.2) is 52.6 Å². The molecule has 4 nitrogen and oxygen atoms in total. The van der Waals surface area contributed by atoms with E-state index in [4.69, 9.17) is 12.2 Å². The predicted molar refractivity (Wildman–Crippen MR) is 131 cm³/mol. The molecule has 0 bridgehead atoms. The van der Waals surface area contributed by atoms with Crippen LogP contribution in [0.15, 0.2) is 85.1 Å². The fourth-order valence-corrected chi connectivity index (χ4v) is 4.42. The molecule has 160 valence electrons. The van der Waals surface area contributed by atoms with Crippen molar-refractivity contribution < 1.29 is 0 Å². The van der Waals surface area contributed by atoms with Gasteiger partial charge < -0.3 is 10.2 Å². The van der Waals surface area contributed by atoms with E-state index in [1.807, 2.05) is 12.3 Å². The minimum atomic E-state index is 0.271. The molecule has 0 aliphatic carbocycles. The van der Waals surface area contributed by atoms with Crippen LogP contribution in [-0.2, 0) is 6.54 Å². The van der Waals surface area contributed by atoms with Crippen LogP contribution >= 0.6 is 12.2 Å². The van der Waals surface area contributed by atoms with Crippen molar-refractivity contribution in [3.8, 4) is 0 Å². The van der Waals surface area contributed by atoms with E-state index in [1.54, 1.807) is 0 Å². The van der Waals surface area contributed by atoms with E-state index < -0.39 is 0 Å². The summed E-state index contributed by atoms with van der Waals surface area (Å²) in [6.45, 7) is 5.71. The van der Waals surface area contributed by atoms with Crippen molar-refractivity contribution in [3.63, 3.8) is 0 Å². The summed E-state index contributed by atoms with van der Waals surface area (Å²) in [5.74, 6) is 0.271. The average molecular weight is 431 g/mol. The summed E-state index contributed by atoms with van der Waals surface area (Å²) in [4.78, 5) is 9.26. The van der Waals surface area contributed by atoms with Crippen LogP contribution in [0.1, 0.15) is 29.2 Å². The van der Waals surface area contributed by atoms with Crippen LogP contribution in [0.3, 0.4) is 0 Å². The van der Waals surface area contributed by atoms with Gasteiger partial charge in [0, 0.05) is 51.4 Å². The first kappa shape index (κ1) is 21.5. The Labute approximate surface area is 190 Å². The lowest BCUT2D eigenvalue weighted by molar-refractivity contribution is 0.274. The molecule has 2 heterocycles.